The zero-order chi connectivity index (χ0) is 13.1. The van der Waals surface area contributed by atoms with E-state index in [-0.39, 0.29) is 0 Å². The number of rotatable bonds is 6. The number of pyridine rings is 1. The average molecular weight is 257 g/mol. The molecule has 0 spiro atoms. The van der Waals surface area contributed by atoms with Crippen molar-refractivity contribution in [1.82, 2.24) is 9.88 Å². The van der Waals surface area contributed by atoms with E-state index in [0.717, 1.165) is 24.7 Å². The van der Waals surface area contributed by atoms with Crippen LogP contribution in [0, 0.1) is 0 Å². The van der Waals surface area contributed by atoms with Crippen molar-refractivity contribution in [3.05, 3.63) is 48.0 Å². The van der Waals surface area contributed by atoms with Crippen LogP contribution in [0.25, 0.3) is 0 Å². The van der Waals surface area contributed by atoms with Crippen LogP contribution in [0.15, 0.2) is 41.1 Å². The lowest BCUT2D eigenvalue weighted by Gasteiger charge is -2.21. The molecule has 0 amide bonds. The van der Waals surface area contributed by atoms with Crippen LogP contribution >= 0.6 is 0 Å². The zero-order valence-electron chi connectivity index (χ0n) is 11.2. The monoisotopic (exact) mass is 257 g/mol. The van der Waals surface area contributed by atoms with E-state index in [1.807, 2.05) is 25.4 Å². The Morgan fingerprint density at radius 1 is 1.37 bits per heavy atom. The third kappa shape index (κ3) is 3.15. The highest BCUT2D eigenvalue weighted by molar-refractivity contribution is 5.36. The van der Waals surface area contributed by atoms with Crippen molar-refractivity contribution in [2.24, 2.45) is 0 Å². The van der Waals surface area contributed by atoms with E-state index < -0.39 is 0 Å². The molecular weight excluding hydrogens is 238 g/mol. The van der Waals surface area contributed by atoms with E-state index in [9.17, 15) is 0 Å². The maximum atomic E-state index is 5.46. The predicted octanol–water partition coefficient (Wildman–Crippen LogP) is 2.88. The van der Waals surface area contributed by atoms with Gasteiger partial charge in [0.25, 0.3) is 0 Å². The van der Waals surface area contributed by atoms with E-state index in [4.69, 9.17) is 4.42 Å². The van der Waals surface area contributed by atoms with Crippen LogP contribution in [-0.4, -0.2) is 23.0 Å². The van der Waals surface area contributed by atoms with Gasteiger partial charge in [0, 0.05) is 25.8 Å². The van der Waals surface area contributed by atoms with E-state index in [1.54, 1.807) is 6.26 Å². The molecule has 0 aliphatic heterocycles. The quantitative estimate of drug-likeness (QED) is 0.864. The van der Waals surface area contributed by atoms with Crippen molar-refractivity contribution in [2.45, 2.75) is 32.0 Å². The summed E-state index contributed by atoms with van der Waals surface area (Å²) >= 11 is 0. The maximum Gasteiger partial charge on any atom is 0.125 e. The van der Waals surface area contributed by atoms with Gasteiger partial charge in [-0.15, -0.1) is 0 Å². The minimum Gasteiger partial charge on any atom is -0.468 e. The first-order chi connectivity index (χ1) is 9.35. The highest BCUT2D eigenvalue weighted by Gasteiger charge is 2.29. The summed E-state index contributed by atoms with van der Waals surface area (Å²) in [5.41, 5.74) is 1.29. The Labute approximate surface area is 113 Å². The van der Waals surface area contributed by atoms with Gasteiger partial charge in [-0.25, -0.2) is 4.98 Å². The van der Waals surface area contributed by atoms with Gasteiger partial charge in [0.1, 0.15) is 11.6 Å². The number of hydrogen-bond acceptors (Lipinski definition) is 4. The van der Waals surface area contributed by atoms with Crippen LogP contribution in [0.1, 0.15) is 24.2 Å². The Balaban J connectivity index is 1.70. The second kappa shape index (κ2) is 5.45. The molecule has 0 bridgehead atoms. The first-order valence-corrected chi connectivity index (χ1v) is 6.74. The van der Waals surface area contributed by atoms with E-state index in [0.29, 0.717) is 6.04 Å². The summed E-state index contributed by atoms with van der Waals surface area (Å²) in [7, 11) is 1.90. The molecule has 19 heavy (non-hydrogen) atoms. The minimum atomic E-state index is 0.705. The Morgan fingerprint density at radius 3 is 2.95 bits per heavy atom. The standard InChI is InChI=1S/C15H19N3O/c1-16-15-9-12(6-7-17-15)10-18(13-4-5-13)11-14-3-2-8-19-14/h2-3,6-9,13H,4-5,10-11H2,1H3,(H,16,17). The van der Waals surface area contributed by atoms with Gasteiger partial charge in [0.2, 0.25) is 0 Å². The summed E-state index contributed by atoms with van der Waals surface area (Å²) < 4.78 is 5.46. The molecule has 4 heteroatoms. The van der Waals surface area contributed by atoms with E-state index in [2.05, 4.69) is 27.3 Å². The highest BCUT2D eigenvalue weighted by Crippen LogP contribution is 2.30. The van der Waals surface area contributed by atoms with Crippen LogP contribution in [0.4, 0.5) is 5.82 Å². The molecule has 0 aromatic carbocycles. The molecule has 4 nitrogen and oxygen atoms in total. The largest absolute Gasteiger partial charge is 0.468 e. The van der Waals surface area contributed by atoms with Crippen LogP contribution < -0.4 is 5.32 Å². The normalized spacial score (nSPS) is 14.8. The molecule has 0 unspecified atom stereocenters. The van der Waals surface area contributed by atoms with Crippen molar-refractivity contribution in [1.29, 1.82) is 0 Å². The second-order valence-electron chi connectivity index (χ2n) is 5.01. The molecule has 0 atom stereocenters. The minimum absolute atomic E-state index is 0.705. The Kier molecular flexibility index (Phi) is 3.51. The molecule has 2 heterocycles. The Hall–Kier alpha value is -1.81. The topological polar surface area (TPSA) is 41.3 Å². The molecular formula is C15H19N3O. The lowest BCUT2D eigenvalue weighted by atomic mass is 10.2. The molecule has 100 valence electrons. The molecule has 0 radical (unpaired) electrons. The SMILES string of the molecule is CNc1cc(CN(Cc2ccco2)C2CC2)ccn1. The first kappa shape index (κ1) is 12.2. The number of anilines is 1. The summed E-state index contributed by atoms with van der Waals surface area (Å²) in [5, 5.41) is 3.08. The molecule has 1 aliphatic rings. The fourth-order valence-electron chi connectivity index (χ4n) is 2.30. The van der Waals surface area contributed by atoms with Gasteiger partial charge in [0.05, 0.1) is 12.8 Å². The fraction of sp³-hybridized carbons (Fsp3) is 0.400. The van der Waals surface area contributed by atoms with Gasteiger partial charge in [-0.1, -0.05) is 0 Å². The predicted molar refractivity (Wildman–Crippen MR) is 74.8 cm³/mol. The maximum absolute atomic E-state index is 5.46. The Morgan fingerprint density at radius 2 is 2.26 bits per heavy atom. The third-order valence-electron chi connectivity index (χ3n) is 3.47. The van der Waals surface area contributed by atoms with Gasteiger partial charge >= 0.3 is 0 Å². The lowest BCUT2D eigenvalue weighted by molar-refractivity contribution is 0.225. The van der Waals surface area contributed by atoms with E-state index >= 15 is 0 Å². The molecule has 2 aromatic rings. The summed E-state index contributed by atoms with van der Waals surface area (Å²) in [6.07, 6.45) is 6.19. The first-order valence-electron chi connectivity index (χ1n) is 6.74. The number of aromatic nitrogens is 1. The van der Waals surface area contributed by atoms with Crippen LogP contribution in [0.3, 0.4) is 0 Å². The summed E-state index contributed by atoms with van der Waals surface area (Å²) in [4.78, 5) is 6.73. The molecule has 1 aliphatic carbocycles. The van der Waals surface area contributed by atoms with Crippen molar-refractivity contribution in [3.63, 3.8) is 0 Å². The number of hydrogen-bond donors (Lipinski definition) is 1. The number of nitrogens with one attached hydrogen (secondary N) is 1. The van der Waals surface area contributed by atoms with Crippen molar-refractivity contribution in [2.75, 3.05) is 12.4 Å². The number of furan rings is 1. The van der Waals surface area contributed by atoms with Gasteiger partial charge in [-0.05, 0) is 42.7 Å². The fourth-order valence-corrected chi connectivity index (χ4v) is 2.30. The molecule has 1 N–H and O–H groups in total. The molecule has 3 rings (SSSR count). The Bertz CT molecular complexity index is 520. The summed E-state index contributed by atoms with van der Waals surface area (Å²) in [6.45, 7) is 1.83. The van der Waals surface area contributed by atoms with E-state index in [1.165, 1.54) is 18.4 Å². The van der Waals surface area contributed by atoms with Crippen molar-refractivity contribution in [3.8, 4) is 0 Å². The van der Waals surface area contributed by atoms with Crippen molar-refractivity contribution >= 4 is 5.82 Å². The summed E-state index contributed by atoms with van der Waals surface area (Å²) in [6, 6.07) is 8.89. The van der Waals surface area contributed by atoms with Gasteiger partial charge in [0.15, 0.2) is 0 Å². The smallest absolute Gasteiger partial charge is 0.125 e. The molecule has 1 saturated carbocycles. The molecule has 1 fully saturated rings. The number of nitrogens with zero attached hydrogens (tertiary/aromatic N) is 2. The van der Waals surface area contributed by atoms with Gasteiger partial charge in [-0.2, -0.15) is 0 Å². The van der Waals surface area contributed by atoms with Gasteiger partial charge in [-0.3, -0.25) is 4.90 Å². The van der Waals surface area contributed by atoms with Crippen LogP contribution in [-0.2, 0) is 13.1 Å². The highest BCUT2D eigenvalue weighted by atomic mass is 16.3. The zero-order valence-corrected chi connectivity index (χ0v) is 11.2. The van der Waals surface area contributed by atoms with Crippen LogP contribution in [0.2, 0.25) is 0 Å². The van der Waals surface area contributed by atoms with Crippen molar-refractivity contribution < 1.29 is 4.42 Å². The van der Waals surface area contributed by atoms with Gasteiger partial charge < -0.3 is 9.73 Å². The summed E-state index contributed by atoms with van der Waals surface area (Å²) in [5.74, 6) is 1.96. The van der Waals surface area contributed by atoms with Crippen LogP contribution in [0.5, 0.6) is 0 Å². The third-order valence-corrected chi connectivity index (χ3v) is 3.47. The molecule has 2 aromatic heterocycles. The average Bonchev–Trinajstić information content (AvgIpc) is 3.17. The second-order valence-corrected chi connectivity index (χ2v) is 5.01. The lowest BCUT2D eigenvalue weighted by Crippen LogP contribution is -2.24. The molecule has 0 saturated heterocycles.